The maximum atomic E-state index is 11.5. The van der Waals surface area contributed by atoms with Crippen LogP contribution in [0.1, 0.15) is 22.8 Å². The maximum absolute atomic E-state index is 11.5. The Labute approximate surface area is 94.3 Å². The summed E-state index contributed by atoms with van der Waals surface area (Å²) in [5, 5.41) is 0. The molecule has 0 bridgehead atoms. The van der Waals surface area contributed by atoms with Crippen molar-refractivity contribution in [1.82, 2.24) is 0 Å². The third kappa shape index (κ3) is 2.02. The summed E-state index contributed by atoms with van der Waals surface area (Å²) in [5.41, 5.74) is 7.14. The van der Waals surface area contributed by atoms with Crippen LogP contribution in [0.4, 0.5) is 0 Å². The van der Waals surface area contributed by atoms with Crippen molar-refractivity contribution in [1.29, 1.82) is 0 Å². The highest BCUT2D eigenvalue weighted by Crippen LogP contribution is 2.29. The average molecular weight is 221 g/mol. The van der Waals surface area contributed by atoms with Gasteiger partial charge in [0.1, 0.15) is 11.9 Å². The zero-order chi connectivity index (χ0) is 11.5. The standard InChI is InChI=1S/C12H15NO3/c1-2-15-12(14)8-3-4-11-9(5-8)6-10(7-13)16-11/h3-5,10H,2,6-7,13H2,1H3/t10-/m0/s1. The van der Waals surface area contributed by atoms with Crippen molar-refractivity contribution in [2.75, 3.05) is 13.2 Å². The molecule has 1 atom stereocenters. The molecule has 16 heavy (non-hydrogen) atoms. The summed E-state index contributed by atoms with van der Waals surface area (Å²) >= 11 is 0. The van der Waals surface area contributed by atoms with E-state index in [9.17, 15) is 4.79 Å². The van der Waals surface area contributed by atoms with Gasteiger partial charge in [-0.25, -0.2) is 4.79 Å². The molecule has 0 aromatic heterocycles. The normalized spacial score (nSPS) is 17.8. The van der Waals surface area contributed by atoms with Gasteiger partial charge in [0.2, 0.25) is 0 Å². The van der Waals surface area contributed by atoms with Gasteiger partial charge in [0.25, 0.3) is 0 Å². The Bertz CT molecular complexity index is 403. The molecular formula is C12H15NO3. The average Bonchev–Trinajstić information content (AvgIpc) is 2.70. The summed E-state index contributed by atoms with van der Waals surface area (Å²) in [6.45, 7) is 2.67. The van der Waals surface area contributed by atoms with Crippen LogP contribution in [0, 0.1) is 0 Å². The zero-order valence-electron chi connectivity index (χ0n) is 9.23. The molecule has 0 amide bonds. The molecule has 0 radical (unpaired) electrons. The number of fused-ring (bicyclic) bond motifs is 1. The first kappa shape index (κ1) is 11.0. The summed E-state index contributed by atoms with van der Waals surface area (Å²) in [4.78, 5) is 11.5. The fraction of sp³-hybridized carbons (Fsp3) is 0.417. The van der Waals surface area contributed by atoms with Gasteiger partial charge in [-0.2, -0.15) is 0 Å². The molecule has 2 rings (SSSR count). The van der Waals surface area contributed by atoms with Crippen LogP contribution in [0.3, 0.4) is 0 Å². The lowest BCUT2D eigenvalue weighted by atomic mass is 10.1. The van der Waals surface area contributed by atoms with Gasteiger partial charge in [0, 0.05) is 13.0 Å². The molecule has 1 aliphatic rings. The number of hydrogen-bond acceptors (Lipinski definition) is 4. The minimum Gasteiger partial charge on any atom is -0.488 e. The predicted molar refractivity (Wildman–Crippen MR) is 59.6 cm³/mol. The third-order valence-electron chi connectivity index (χ3n) is 2.58. The molecule has 0 fully saturated rings. The Morgan fingerprint density at radius 1 is 1.62 bits per heavy atom. The fourth-order valence-corrected chi connectivity index (χ4v) is 1.79. The molecule has 4 nitrogen and oxygen atoms in total. The van der Waals surface area contributed by atoms with Crippen LogP contribution in [-0.2, 0) is 11.2 Å². The van der Waals surface area contributed by atoms with Gasteiger partial charge >= 0.3 is 5.97 Å². The van der Waals surface area contributed by atoms with Crippen molar-refractivity contribution in [3.8, 4) is 5.75 Å². The minimum atomic E-state index is -0.290. The molecule has 0 aliphatic carbocycles. The zero-order valence-corrected chi connectivity index (χ0v) is 9.23. The number of carbonyl (C=O) groups is 1. The monoisotopic (exact) mass is 221 g/mol. The number of ether oxygens (including phenoxy) is 2. The summed E-state index contributed by atoms with van der Waals surface area (Å²) < 4.78 is 10.5. The van der Waals surface area contributed by atoms with Gasteiger partial charge in [0.15, 0.2) is 0 Å². The molecule has 0 unspecified atom stereocenters. The van der Waals surface area contributed by atoms with E-state index in [-0.39, 0.29) is 12.1 Å². The molecule has 0 spiro atoms. The Balaban J connectivity index is 2.19. The van der Waals surface area contributed by atoms with Gasteiger partial charge in [-0.3, -0.25) is 0 Å². The first-order chi connectivity index (χ1) is 7.74. The second-order valence-electron chi connectivity index (χ2n) is 3.72. The molecule has 0 saturated carbocycles. The lowest BCUT2D eigenvalue weighted by Gasteiger charge is -2.05. The van der Waals surface area contributed by atoms with Gasteiger partial charge < -0.3 is 15.2 Å². The summed E-state index contributed by atoms with van der Waals surface area (Å²) in [5.74, 6) is 0.532. The van der Waals surface area contributed by atoms with E-state index in [1.54, 1.807) is 19.1 Å². The van der Waals surface area contributed by atoms with E-state index in [1.165, 1.54) is 0 Å². The molecular weight excluding hydrogens is 206 g/mol. The number of carbonyl (C=O) groups excluding carboxylic acids is 1. The lowest BCUT2D eigenvalue weighted by Crippen LogP contribution is -2.24. The van der Waals surface area contributed by atoms with Crippen LogP contribution in [-0.4, -0.2) is 25.2 Å². The van der Waals surface area contributed by atoms with E-state index in [2.05, 4.69) is 0 Å². The van der Waals surface area contributed by atoms with E-state index in [1.807, 2.05) is 6.07 Å². The Morgan fingerprint density at radius 2 is 2.44 bits per heavy atom. The summed E-state index contributed by atoms with van der Waals surface area (Å²) in [6.07, 6.45) is 0.798. The summed E-state index contributed by atoms with van der Waals surface area (Å²) in [7, 11) is 0. The van der Waals surface area contributed by atoms with E-state index in [0.29, 0.717) is 18.7 Å². The van der Waals surface area contributed by atoms with E-state index >= 15 is 0 Å². The van der Waals surface area contributed by atoms with E-state index < -0.39 is 0 Å². The smallest absolute Gasteiger partial charge is 0.338 e. The molecule has 2 N–H and O–H groups in total. The second-order valence-corrected chi connectivity index (χ2v) is 3.72. The maximum Gasteiger partial charge on any atom is 0.338 e. The van der Waals surface area contributed by atoms with Crippen molar-refractivity contribution >= 4 is 5.97 Å². The molecule has 1 aliphatic heterocycles. The molecule has 4 heteroatoms. The molecule has 1 aromatic rings. The van der Waals surface area contributed by atoms with Gasteiger partial charge in [-0.15, -0.1) is 0 Å². The number of nitrogens with two attached hydrogens (primary N) is 1. The van der Waals surface area contributed by atoms with Crippen LogP contribution in [0.15, 0.2) is 18.2 Å². The van der Waals surface area contributed by atoms with E-state index in [4.69, 9.17) is 15.2 Å². The molecule has 1 heterocycles. The highest BCUT2D eigenvalue weighted by molar-refractivity contribution is 5.89. The van der Waals surface area contributed by atoms with Gasteiger partial charge in [-0.05, 0) is 30.7 Å². The highest BCUT2D eigenvalue weighted by atomic mass is 16.5. The Kier molecular flexibility index (Phi) is 3.10. The topological polar surface area (TPSA) is 61.5 Å². The Hall–Kier alpha value is -1.55. The first-order valence-electron chi connectivity index (χ1n) is 5.41. The van der Waals surface area contributed by atoms with Crippen LogP contribution in [0.5, 0.6) is 5.75 Å². The largest absolute Gasteiger partial charge is 0.488 e. The molecule has 86 valence electrons. The van der Waals surface area contributed by atoms with Crippen molar-refractivity contribution in [3.63, 3.8) is 0 Å². The highest BCUT2D eigenvalue weighted by Gasteiger charge is 2.22. The van der Waals surface area contributed by atoms with Crippen LogP contribution in [0.2, 0.25) is 0 Å². The van der Waals surface area contributed by atoms with Gasteiger partial charge in [-0.1, -0.05) is 0 Å². The fourth-order valence-electron chi connectivity index (χ4n) is 1.79. The predicted octanol–water partition coefficient (Wildman–Crippen LogP) is 1.13. The molecule has 1 aromatic carbocycles. The SMILES string of the molecule is CCOC(=O)c1ccc2c(c1)C[C@@H](CN)O2. The number of rotatable bonds is 3. The van der Waals surface area contributed by atoms with E-state index in [0.717, 1.165) is 17.7 Å². The van der Waals surface area contributed by atoms with Crippen molar-refractivity contribution in [3.05, 3.63) is 29.3 Å². The molecule has 0 saturated heterocycles. The van der Waals surface area contributed by atoms with Crippen LogP contribution >= 0.6 is 0 Å². The second kappa shape index (κ2) is 4.53. The Morgan fingerprint density at radius 3 is 3.12 bits per heavy atom. The number of benzene rings is 1. The first-order valence-corrected chi connectivity index (χ1v) is 5.41. The lowest BCUT2D eigenvalue weighted by molar-refractivity contribution is 0.0526. The van der Waals surface area contributed by atoms with Crippen molar-refractivity contribution in [2.45, 2.75) is 19.4 Å². The number of hydrogen-bond donors (Lipinski definition) is 1. The number of esters is 1. The van der Waals surface area contributed by atoms with Crippen molar-refractivity contribution < 1.29 is 14.3 Å². The third-order valence-corrected chi connectivity index (χ3v) is 2.58. The summed E-state index contributed by atoms with van der Waals surface area (Å²) in [6, 6.07) is 5.34. The minimum absolute atomic E-state index is 0.0347. The van der Waals surface area contributed by atoms with Crippen molar-refractivity contribution in [2.24, 2.45) is 5.73 Å². The van der Waals surface area contributed by atoms with Crippen LogP contribution in [0.25, 0.3) is 0 Å². The van der Waals surface area contributed by atoms with Crippen LogP contribution < -0.4 is 10.5 Å². The quantitative estimate of drug-likeness (QED) is 0.777. The van der Waals surface area contributed by atoms with Gasteiger partial charge in [0.05, 0.1) is 12.2 Å².